The van der Waals surface area contributed by atoms with Crippen molar-refractivity contribution in [2.75, 3.05) is 32.7 Å². The summed E-state index contributed by atoms with van der Waals surface area (Å²) in [6, 6.07) is 11.3. The molecular formula is C24H26N4O7S. The van der Waals surface area contributed by atoms with E-state index in [9.17, 15) is 19.7 Å². The maximum atomic E-state index is 13.3. The number of carbonyl (C=O) groups excluding carboxylic acids is 2. The lowest BCUT2D eigenvalue weighted by atomic mass is 10.2. The van der Waals surface area contributed by atoms with Crippen molar-refractivity contribution in [1.29, 1.82) is 0 Å². The molecule has 2 atom stereocenters. The molecule has 2 aromatic carbocycles. The highest BCUT2D eigenvalue weighted by molar-refractivity contribution is 8.15. The lowest BCUT2D eigenvalue weighted by Gasteiger charge is -2.20. The largest absolute Gasteiger partial charge is 0.497 e. The van der Waals surface area contributed by atoms with Crippen LogP contribution in [0.3, 0.4) is 0 Å². The molecule has 1 N–H and O–H groups in total. The summed E-state index contributed by atoms with van der Waals surface area (Å²) >= 11 is 1.20. The Kier molecular flexibility index (Phi) is 8.06. The third-order valence-electron chi connectivity index (χ3n) is 5.77. The topological polar surface area (TPSA) is 133 Å². The molecule has 2 amide bonds. The van der Waals surface area contributed by atoms with Gasteiger partial charge in [0.1, 0.15) is 22.4 Å². The number of thioether (sulfide) groups is 1. The molecule has 11 nitrogen and oxygen atoms in total. The van der Waals surface area contributed by atoms with Gasteiger partial charge in [0.25, 0.3) is 5.69 Å². The van der Waals surface area contributed by atoms with Crippen molar-refractivity contribution in [2.24, 2.45) is 4.99 Å². The summed E-state index contributed by atoms with van der Waals surface area (Å²) in [5.74, 6) is 0.219. The lowest BCUT2D eigenvalue weighted by Crippen LogP contribution is -2.38. The van der Waals surface area contributed by atoms with Crippen LogP contribution in [0.5, 0.6) is 11.5 Å². The Morgan fingerprint density at radius 2 is 1.94 bits per heavy atom. The molecule has 36 heavy (non-hydrogen) atoms. The summed E-state index contributed by atoms with van der Waals surface area (Å²) in [5, 5.41) is 13.7. The number of amidine groups is 1. The van der Waals surface area contributed by atoms with Crippen LogP contribution < -0.4 is 14.8 Å². The Balaban J connectivity index is 1.51. The second-order valence-electron chi connectivity index (χ2n) is 8.18. The van der Waals surface area contributed by atoms with Crippen LogP contribution in [0, 0.1) is 10.1 Å². The lowest BCUT2D eigenvalue weighted by molar-refractivity contribution is -0.384. The molecular weight excluding hydrogens is 488 g/mol. The molecule has 2 aliphatic rings. The van der Waals surface area contributed by atoms with Crippen molar-refractivity contribution in [3.63, 3.8) is 0 Å². The van der Waals surface area contributed by atoms with Crippen LogP contribution in [-0.4, -0.2) is 65.5 Å². The van der Waals surface area contributed by atoms with Crippen LogP contribution in [0.15, 0.2) is 47.5 Å². The van der Waals surface area contributed by atoms with Gasteiger partial charge >= 0.3 is 0 Å². The number of amides is 2. The van der Waals surface area contributed by atoms with Crippen molar-refractivity contribution in [3.8, 4) is 11.5 Å². The van der Waals surface area contributed by atoms with Gasteiger partial charge in [0.2, 0.25) is 11.8 Å². The van der Waals surface area contributed by atoms with Crippen molar-refractivity contribution in [2.45, 2.75) is 30.6 Å². The summed E-state index contributed by atoms with van der Waals surface area (Å²) in [6.07, 6.45) is 1.51. The molecule has 2 aromatic rings. The maximum absolute atomic E-state index is 13.3. The van der Waals surface area contributed by atoms with E-state index in [1.165, 1.54) is 37.1 Å². The second kappa shape index (κ2) is 11.4. The fraction of sp³-hybridized carbons (Fsp3) is 0.375. The molecule has 2 fully saturated rings. The zero-order valence-corrected chi connectivity index (χ0v) is 20.7. The Morgan fingerprint density at radius 3 is 2.58 bits per heavy atom. The van der Waals surface area contributed by atoms with Gasteiger partial charge in [-0.25, -0.2) is 4.99 Å². The molecule has 2 heterocycles. The van der Waals surface area contributed by atoms with E-state index >= 15 is 0 Å². The SMILES string of the molecule is COc1ccc(N=C2SC(CC(=O)Nc3ccc(OC)cc3[N+](=O)[O-])C(=O)N2CC2CCCO2)cc1. The number of aliphatic imine (C=N–C) groups is 1. The van der Waals surface area contributed by atoms with Crippen LogP contribution in [0.1, 0.15) is 19.3 Å². The molecule has 0 bridgehead atoms. The predicted octanol–water partition coefficient (Wildman–Crippen LogP) is 3.75. The van der Waals surface area contributed by atoms with Crippen LogP contribution in [0.25, 0.3) is 0 Å². The van der Waals surface area contributed by atoms with E-state index in [2.05, 4.69) is 10.3 Å². The predicted molar refractivity (Wildman–Crippen MR) is 135 cm³/mol. The molecule has 12 heteroatoms. The number of rotatable bonds is 9. The normalized spacial score (nSPS) is 20.6. The summed E-state index contributed by atoms with van der Waals surface area (Å²) in [7, 11) is 2.97. The smallest absolute Gasteiger partial charge is 0.296 e. The summed E-state index contributed by atoms with van der Waals surface area (Å²) < 4.78 is 15.9. The zero-order chi connectivity index (χ0) is 25.7. The van der Waals surface area contributed by atoms with Crippen molar-refractivity contribution in [1.82, 2.24) is 4.90 Å². The van der Waals surface area contributed by atoms with Gasteiger partial charge < -0.3 is 19.5 Å². The number of carbonyl (C=O) groups is 2. The minimum Gasteiger partial charge on any atom is -0.497 e. The van der Waals surface area contributed by atoms with Crippen molar-refractivity contribution >= 4 is 45.8 Å². The van der Waals surface area contributed by atoms with E-state index in [-0.39, 0.29) is 29.8 Å². The molecule has 2 aliphatic heterocycles. The number of hydrogen-bond acceptors (Lipinski definition) is 9. The molecule has 2 saturated heterocycles. The Labute approximate surface area is 212 Å². The third-order valence-corrected chi connectivity index (χ3v) is 6.95. The first kappa shape index (κ1) is 25.5. The van der Waals surface area contributed by atoms with Crippen LogP contribution in [0.2, 0.25) is 0 Å². The number of nitro benzene ring substituents is 1. The highest BCUT2D eigenvalue weighted by Crippen LogP contribution is 2.34. The van der Waals surface area contributed by atoms with E-state index in [4.69, 9.17) is 14.2 Å². The van der Waals surface area contributed by atoms with Gasteiger partial charge in [0.15, 0.2) is 5.17 Å². The van der Waals surface area contributed by atoms with Gasteiger partial charge in [0.05, 0.1) is 43.5 Å². The molecule has 0 aromatic heterocycles. The number of methoxy groups -OCH3 is 2. The molecule has 0 saturated carbocycles. The highest BCUT2D eigenvalue weighted by atomic mass is 32.2. The Bertz CT molecular complexity index is 1170. The standard InChI is InChI=1S/C24H26N4O7S/c1-33-16-7-5-15(6-8-16)25-24-27(14-18-4-3-11-35-18)23(30)21(36-24)13-22(29)26-19-10-9-17(34-2)12-20(19)28(31)32/h5-10,12,18,21H,3-4,11,13-14H2,1-2H3,(H,26,29). The van der Waals surface area contributed by atoms with Gasteiger partial charge in [-0.2, -0.15) is 0 Å². The van der Waals surface area contributed by atoms with Crippen LogP contribution in [-0.2, 0) is 14.3 Å². The summed E-state index contributed by atoms with van der Waals surface area (Å²) in [4.78, 5) is 43.1. The third kappa shape index (κ3) is 5.94. The maximum Gasteiger partial charge on any atom is 0.296 e. The van der Waals surface area contributed by atoms with Gasteiger partial charge in [0, 0.05) is 13.0 Å². The minimum absolute atomic E-state index is 0.0320. The molecule has 190 valence electrons. The first-order valence-corrected chi connectivity index (χ1v) is 12.2. The molecule has 2 unspecified atom stereocenters. The fourth-order valence-corrected chi connectivity index (χ4v) is 5.08. The molecule has 4 rings (SSSR count). The van der Waals surface area contributed by atoms with Gasteiger partial charge in [-0.05, 0) is 49.2 Å². The number of nitrogens with zero attached hydrogens (tertiary/aromatic N) is 3. The Hall–Kier alpha value is -3.64. The van der Waals surface area contributed by atoms with E-state index in [0.717, 1.165) is 12.8 Å². The van der Waals surface area contributed by atoms with Crippen LogP contribution in [0.4, 0.5) is 17.1 Å². The number of ether oxygens (including phenoxy) is 3. The quantitative estimate of drug-likeness (QED) is 0.395. The van der Waals surface area contributed by atoms with Crippen molar-refractivity contribution < 1.29 is 28.7 Å². The summed E-state index contributed by atoms with van der Waals surface area (Å²) in [6.45, 7) is 1.00. The first-order chi connectivity index (χ1) is 17.4. The van der Waals surface area contributed by atoms with Gasteiger partial charge in [-0.3, -0.25) is 24.6 Å². The average Bonchev–Trinajstić information content (AvgIpc) is 3.49. The second-order valence-corrected chi connectivity index (χ2v) is 9.35. The number of nitrogens with one attached hydrogen (secondary N) is 1. The first-order valence-electron chi connectivity index (χ1n) is 11.3. The van der Waals surface area contributed by atoms with E-state index in [1.807, 2.05) is 0 Å². The number of anilines is 1. The average molecular weight is 515 g/mol. The molecule has 0 radical (unpaired) electrons. The molecule has 0 aliphatic carbocycles. The fourth-order valence-electron chi connectivity index (χ4n) is 3.92. The van der Waals surface area contributed by atoms with Crippen molar-refractivity contribution in [3.05, 3.63) is 52.6 Å². The van der Waals surface area contributed by atoms with Crippen LogP contribution >= 0.6 is 11.8 Å². The Morgan fingerprint density at radius 1 is 1.22 bits per heavy atom. The minimum atomic E-state index is -0.722. The zero-order valence-electron chi connectivity index (χ0n) is 19.8. The van der Waals surface area contributed by atoms with Gasteiger partial charge in [-0.15, -0.1) is 0 Å². The van der Waals surface area contributed by atoms with E-state index in [0.29, 0.717) is 35.5 Å². The highest BCUT2D eigenvalue weighted by Gasteiger charge is 2.40. The number of nitro groups is 1. The number of benzene rings is 2. The van der Waals surface area contributed by atoms with Gasteiger partial charge in [-0.1, -0.05) is 11.8 Å². The monoisotopic (exact) mass is 514 g/mol. The summed E-state index contributed by atoms with van der Waals surface area (Å²) in [5.41, 5.74) is 0.377. The van der Waals surface area contributed by atoms with E-state index < -0.39 is 16.1 Å². The number of hydrogen-bond donors (Lipinski definition) is 1. The molecule has 0 spiro atoms. The van der Waals surface area contributed by atoms with E-state index in [1.54, 1.807) is 36.3 Å².